The van der Waals surface area contributed by atoms with Crippen LogP contribution < -0.4 is 10.6 Å². The van der Waals surface area contributed by atoms with Gasteiger partial charge in [0.1, 0.15) is 0 Å². The molecular weight excluding hydrogens is 346 g/mol. The summed E-state index contributed by atoms with van der Waals surface area (Å²) in [7, 11) is 0. The van der Waals surface area contributed by atoms with Crippen molar-refractivity contribution in [2.45, 2.75) is 4.34 Å². The van der Waals surface area contributed by atoms with Gasteiger partial charge >= 0.3 is 0 Å². The van der Waals surface area contributed by atoms with Crippen LogP contribution in [0.15, 0.2) is 52.9 Å². The monoisotopic (exact) mass is 359 g/mol. The molecule has 2 aromatic carbocycles. The third-order valence-electron chi connectivity index (χ3n) is 3.06. The van der Waals surface area contributed by atoms with Crippen molar-refractivity contribution >= 4 is 62.2 Å². The summed E-state index contributed by atoms with van der Waals surface area (Å²) < 4.78 is 2.15. The van der Waals surface area contributed by atoms with E-state index in [0.717, 1.165) is 20.2 Å². The molecule has 0 aliphatic carbocycles. The van der Waals surface area contributed by atoms with Crippen LogP contribution in [0.25, 0.3) is 10.2 Å². The van der Waals surface area contributed by atoms with Crippen molar-refractivity contribution in [1.82, 2.24) is 10.3 Å². The van der Waals surface area contributed by atoms with Gasteiger partial charge in [0.25, 0.3) is 5.91 Å². The smallest absolute Gasteiger partial charge is 0.257 e. The zero-order chi connectivity index (χ0) is 16.2. The highest BCUT2D eigenvalue weighted by Gasteiger charge is 2.08. The molecule has 1 aromatic heterocycles. The van der Waals surface area contributed by atoms with Crippen LogP contribution in [0.3, 0.4) is 0 Å². The third kappa shape index (κ3) is 3.87. The molecule has 4 nitrogen and oxygen atoms in total. The lowest BCUT2D eigenvalue weighted by molar-refractivity contribution is 0.0978. The van der Waals surface area contributed by atoms with Crippen LogP contribution in [0.2, 0.25) is 0 Å². The van der Waals surface area contributed by atoms with Gasteiger partial charge in [-0.3, -0.25) is 10.1 Å². The summed E-state index contributed by atoms with van der Waals surface area (Å²) in [6.07, 6.45) is 2.01. The summed E-state index contributed by atoms with van der Waals surface area (Å²) in [4.78, 5) is 16.6. The summed E-state index contributed by atoms with van der Waals surface area (Å²) in [6.45, 7) is 0. The van der Waals surface area contributed by atoms with Crippen molar-refractivity contribution in [3.05, 3.63) is 54.1 Å². The van der Waals surface area contributed by atoms with Crippen molar-refractivity contribution < 1.29 is 4.79 Å². The summed E-state index contributed by atoms with van der Waals surface area (Å²) >= 11 is 8.48. The first-order valence-corrected chi connectivity index (χ1v) is 9.22. The lowest BCUT2D eigenvalue weighted by atomic mass is 10.2. The van der Waals surface area contributed by atoms with Crippen molar-refractivity contribution in [1.29, 1.82) is 0 Å². The van der Waals surface area contributed by atoms with Crippen LogP contribution in [-0.4, -0.2) is 22.3 Å². The first-order chi connectivity index (χ1) is 11.2. The fraction of sp³-hybridized carbons (Fsp3) is 0.0625. The van der Waals surface area contributed by atoms with Gasteiger partial charge in [0.2, 0.25) is 0 Å². The number of amides is 1. The number of thiocarbonyl (C=S) groups is 1. The number of nitrogens with zero attached hydrogens (tertiary/aromatic N) is 1. The summed E-state index contributed by atoms with van der Waals surface area (Å²) in [6, 6.07) is 14.8. The molecule has 0 aliphatic heterocycles. The molecule has 3 rings (SSSR count). The topological polar surface area (TPSA) is 54.0 Å². The van der Waals surface area contributed by atoms with Gasteiger partial charge in [0.05, 0.1) is 10.2 Å². The molecule has 7 heteroatoms. The Hall–Kier alpha value is -1.96. The maximum Gasteiger partial charge on any atom is 0.257 e. The molecular formula is C16H13N3OS3. The molecule has 23 heavy (non-hydrogen) atoms. The molecule has 0 radical (unpaired) electrons. The number of benzene rings is 2. The van der Waals surface area contributed by atoms with E-state index in [1.165, 1.54) is 0 Å². The Bertz CT molecular complexity index is 861. The zero-order valence-corrected chi connectivity index (χ0v) is 14.6. The number of carbonyl (C=O) groups is 1. The minimum atomic E-state index is -0.234. The van der Waals surface area contributed by atoms with Gasteiger partial charge in [0, 0.05) is 11.3 Å². The van der Waals surface area contributed by atoms with Crippen LogP contribution in [0.1, 0.15) is 10.4 Å². The number of hydrogen-bond donors (Lipinski definition) is 2. The van der Waals surface area contributed by atoms with Gasteiger partial charge in [-0.2, -0.15) is 0 Å². The van der Waals surface area contributed by atoms with Crippen LogP contribution in [0, 0.1) is 0 Å². The number of thiazole rings is 1. The molecule has 0 saturated heterocycles. The number of fused-ring (bicyclic) bond motifs is 1. The molecule has 0 fully saturated rings. The normalized spacial score (nSPS) is 10.5. The van der Waals surface area contributed by atoms with Gasteiger partial charge in [-0.15, -0.1) is 11.3 Å². The molecule has 0 atom stereocenters. The minimum absolute atomic E-state index is 0.234. The van der Waals surface area contributed by atoms with Crippen molar-refractivity contribution in [3.63, 3.8) is 0 Å². The van der Waals surface area contributed by atoms with Gasteiger partial charge < -0.3 is 5.32 Å². The van der Waals surface area contributed by atoms with Crippen LogP contribution in [0.4, 0.5) is 5.69 Å². The standard InChI is InChI=1S/C16H13N3OS3/c1-22-16-18-12-9-11(7-8-13(12)23-16)17-15(21)19-14(20)10-5-3-2-4-6-10/h2-9H,1H3,(H2,17,19,20,21). The number of aromatic nitrogens is 1. The lowest BCUT2D eigenvalue weighted by Gasteiger charge is -2.09. The Kier molecular flexibility index (Phi) is 4.90. The molecule has 0 aliphatic rings. The Labute approximate surface area is 147 Å². The summed E-state index contributed by atoms with van der Waals surface area (Å²) in [5, 5.41) is 5.95. The van der Waals surface area contributed by atoms with Gasteiger partial charge in [-0.1, -0.05) is 30.0 Å². The lowest BCUT2D eigenvalue weighted by Crippen LogP contribution is -2.34. The fourth-order valence-electron chi connectivity index (χ4n) is 2.00. The number of thioether (sulfide) groups is 1. The van der Waals surface area contributed by atoms with E-state index in [4.69, 9.17) is 12.2 Å². The molecule has 1 heterocycles. The average Bonchev–Trinajstić information content (AvgIpc) is 2.98. The number of anilines is 1. The maximum absolute atomic E-state index is 12.0. The zero-order valence-electron chi connectivity index (χ0n) is 12.2. The number of nitrogens with one attached hydrogen (secondary N) is 2. The predicted molar refractivity (Wildman–Crippen MR) is 102 cm³/mol. The minimum Gasteiger partial charge on any atom is -0.332 e. The number of carbonyl (C=O) groups excluding carboxylic acids is 1. The Morgan fingerprint density at radius 3 is 2.74 bits per heavy atom. The first-order valence-electron chi connectivity index (χ1n) is 6.77. The van der Waals surface area contributed by atoms with Crippen molar-refractivity contribution in [3.8, 4) is 0 Å². The van der Waals surface area contributed by atoms with E-state index in [2.05, 4.69) is 15.6 Å². The maximum atomic E-state index is 12.0. The molecule has 0 saturated carbocycles. The Morgan fingerprint density at radius 1 is 1.22 bits per heavy atom. The molecule has 1 amide bonds. The van der Waals surface area contributed by atoms with Crippen LogP contribution >= 0.6 is 35.3 Å². The van der Waals surface area contributed by atoms with Crippen molar-refractivity contribution in [2.75, 3.05) is 11.6 Å². The van der Waals surface area contributed by atoms with Gasteiger partial charge in [0.15, 0.2) is 9.45 Å². The SMILES string of the molecule is CSc1nc2cc(NC(=S)NC(=O)c3ccccc3)ccc2s1. The van der Waals surface area contributed by atoms with Crippen LogP contribution in [0.5, 0.6) is 0 Å². The van der Waals surface area contributed by atoms with E-state index in [-0.39, 0.29) is 11.0 Å². The van der Waals surface area contributed by atoms with E-state index in [1.54, 1.807) is 35.2 Å². The molecule has 0 spiro atoms. The van der Waals surface area contributed by atoms with E-state index >= 15 is 0 Å². The highest BCUT2D eigenvalue weighted by Crippen LogP contribution is 2.29. The van der Waals surface area contributed by atoms with Crippen molar-refractivity contribution in [2.24, 2.45) is 0 Å². The first kappa shape index (κ1) is 15.9. The average molecular weight is 360 g/mol. The molecule has 2 N–H and O–H groups in total. The quantitative estimate of drug-likeness (QED) is 0.544. The summed E-state index contributed by atoms with van der Waals surface area (Å²) in [5.41, 5.74) is 2.28. The Morgan fingerprint density at radius 2 is 2.00 bits per heavy atom. The van der Waals surface area contributed by atoms with Gasteiger partial charge in [-0.05, 0) is 48.8 Å². The van der Waals surface area contributed by atoms with Crippen LogP contribution in [-0.2, 0) is 0 Å². The number of rotatable bonds is 3. The molecule has 3 aromatic rings. The number of hydrogen-bond acceptors (Lipinski definition) is 5. The van der Waals surface area contributed by atoms with E-state index in [0.29, 0.717) is 5.56 Å². The molecule has 0 unspecified atom stereocenters. The molecule has 0 bridgehead atoms. The second kappa shape index (κ2) is 7.08. The van der Waals surface area contributed by atoms with E-state index < -0.39 is 0 Å². The van der Waals surface area contributed by atoms with Gasteiger partial charge in [-0.25, -0.2) is 4.98 Å². The third-order valence-corrected chi connectivity index (χ3v) is 5.29. The second-order valence-corrected chi connectivity index (χ2v) is 7.13. The van der Waals surface area contributed by atoms with E-state index in [1.807, 2.05) is 42.7 Å². The largest absolute Gasteiger partial charge is 0.332 e. The highest BCUT2D eigenvalue weighted by atomic mass is 32.2. The fourth-order valence-corrected chi connectivity index (χ4v) is 3.68. The predicted octanol–water partition coefficient (Wildman–Crippen LogP) is 4.15. The molecule has 116 valence electrons. The Balaban J connectivity index is 1.69. The highest BCUT2D eigenvalue weighted by molar-refractivity contribution is 8.00. The second-order valence-electron chi connectivity index (χ2n) is 4.64. The van der Waals surface area contributed by atoms with E-state index in [9.17, 15) is 4.79 Å². The summed E-state index contributed by atoms with van der Waals surface area (Å²) in [5.74, 6) is -0.234.